The van der Waals surface area contributed by atoms with Crippen molar-refractivity contribution in [3.8, 4) is 0 Å². The fraction of sp³-hybridized carbons (Fsp3) is 0.480. The van der Waals surface area contributed by atoms with Gasteiger partial charge < -0.3 is 25.4 Å². The van der Waals surface area contributed by atoms with Crippen LogP contribution in [0.5, 0.6) is 0 Å². The van der Waals surface area contributed by atoms with Crippen LogP contribution in [0.2, 0.25) is 5.02 Å². The minimum absolute atomic E-state index is 0.111. The monoisotopic (exact) mass is 577 g/mol. The number of rotatable bonds is 9. The predicted molar refractivity (Wildman–Crippen MR) is 131 cm³/mol. The van der Waals surface area contributed by atoms with E-state index >= 15 is 0 Å². The molecule has 4 atom stereocenters. The van der Waals surface area contributed by atoms with Crippen LogP contribution in [-0.2, 0) is 14.6 Å². The summed E-state index contributed by atoms with van der Waals surface area (Å²) in [5.74, 6) is -6.33. The van der Waals surface area contributed by atoms with Gasteiger partial charge in [-0.1, -0.05) is 11.6 Å². The second kappa shape index (κ2) is 10.7. The molecule has 0 aliphatic heterocycles. The summed E-state index contributed by atoms with van der Waals surface area (Å²) in [5.41, 5.74) is -1.77. The third kappa shape index (κ3) is 5.43. The van der Waals surface area contributed by atoms with Gasteiger partial charge in [-0.3, -0.25) is 4.79 Å². The van der Waals surface area contributed by atoms with Gasteiger partial charge in [-0.25, -0.2) is 21.6 Å². The molecular weight excluding hydrogens is 551 g/mol. The Balaban J connectivity index is 1.47. The van der Waals surface area contributed by atoms with Gasteiger partial charge in [0.25, 0.3) is 5.91 Å². The average molecular weight is 578 g/mol. The van der Waals surface area contributed by atoms with E-state index in [1.807, 2.05) is 0 Å². The summed E-state index contributed by atoms with van der Waals surface area (Å²) in [6, 6.07) is 4.71. The van der Waals surface area contributed by atoms with Crippen LogP contribution in [0.25, 0.3) is 0 Å². The standard InChI is InChI=1S/C25H27ClF3NO7S/c1-12(31)21(32)10-37-11-25(34)14-5-15(25)7-17(6-14)38(35,36)22-4-13(2-3-18(22)26)24(33)30-16-8-19(27)23(29)20(28)9-16/h2-4,8-9,12,14-15,17,21,31-32,34H,5-7,10-11H2,1H3,(H,30,33). The van der Waals surface area contributed by atoms with Gasteiger partial charge in [-0.2, -0.15) is 0 Å². The first-order valence-electron chi connectivity index (χ1n) is 11.9. The third-order valence-electron chi connectivity index (χ3n) is 7.44. The van der Waals surface area contributed by atoms with Crippen LogP contribution in [-0.4, -0.2) is 65.9 Å². The van der Waals surface area contributed by atoms with Crippen molar-refractivity contribution in [1.29, 1.82) is 0 Å². The first kappa shape index (κ1) is 28.8. The third-order valence-corrected chi connectivity index (χ3v) is 10.1. The Morgan fingerprint density at radius 1 is 1.13 bits per heavy atom. The number of ether oxygens (including phenoxy) is 1. The molecule has 3 saturated carbocycles. The van der Waals surface area contributed by atoms with Crippen molar-refractivity contribution in [3.63, 3.8) is 0 Å². The van der Waals surface area contributed by atoms with E-state index < -0.39 is 56.3 Å². The van der Waals surface area contributed by atoms with E-state index in [-0.39, 0.29) is 59.1 Å². The van der Waals surface area contributed by atoms with Crippen molar-refractivity contribution in [2.75, 3.05) is 18.5 Å². The number of carbonyl (C=O) groups excluding carboxylic acids is 1. The zero-order chi connectivity index (χ0) is 28.0. The van der Waals surface area contributed by atoms with Crippen LogP contribution in [0.15, 0.2) is 35.2 Å². The summed E-state index contributed by atoms with van der Waals surface area (Å²) in [4.78, 5) is 12.4. The molecule has 0 aromatic heterocycles. The molecule has 0 radical (unpaired) electrons. The molecule has 0 saturated heterocycles. The number of carbonyl (C=O) groups is 1. The predicted octanol–water partition coefficient (Wildman–Crippen LogP) is 3.07. The number of hydrogen-bond acceptors (Lipinski definition) is 7. The van der Waals surface area contributed by atoms with Crippen LogP contribution >= 0.6 is 11.6 Å². The van der Waals surface area contributed by atoms with Gasteiger partial charge in [0.05, 0.1) is 40.1 Å². The van der Waals surface area contributed by atoms with Gasteiger partial charge >= 0.3 is 0 Å². The van der Waals surface area contributed by atoms with E-state index in [4.69, 9.17) is 16.3 Å². The van der Waals surface area contributed by atoms with E-state index in [1.54, 1.807) is 0 Å². The van der Waals surface area contributed by atoms with Crippen molar-refractivity contribution < 1.29 is 46.4 Å². The topological polar surface area (TPSA) is 133 Å². The van der Waals surface area contributed by atoms with Crippen molar-refractivity contribution >= 4 is 33.0 Å². The second-order valence-corrected chi connectivity index (χ2v) is 12.5. The number of benzene rings is 2. The summed E-state index contributed by atoms with van der Waals surface area (Å²) in [7, 11) is -4.05. The molecule has 208 valence electrons. The molecule has 13 heteroatoms. The number of nitrogens with one attached hydrogen (secondary N) is 1. The molecule has 3 fully saturated rings. The molecule has 2 aromatic rings. The maximum Gasteiger partial charge on any atom is 0.255 e. The number of aliphatic hydroxyl groups is 3. The fourth-order valence-corrected chi connectivity index (χ4v) is 7.50. The normalized spacial score (nSPS) is 26.4. The number of fused-ring (bicyclic) bond motifs is 2. The minimum atomic E-state index is -4.05. The van der Waals surface area contributed by atoms with Crippen LogP contribution < -0.4 is 5.32 Å². The Labute approximate surface area is 222 Å². The number of halogens is 4. The van der Waals surface area contributed by atoms with Crippen molar-refractivity contribution in [2.24, 2.45) is 11.8 Å². The van der Waals surface area contributed by atoms with Gasteiger partial charge in [0.2, 0.25) is 0 Å². The maximum absolute atomic E-state index is 13.5. The van der Waals surface area contributed by atoms with E-state index in [1.165, 1.54) is 19.1 Å². The summed E-state index contributed by atoms with van der Waals surface area (Å²) in [6.07, 6.45) is -1.26. The van der Waals surface area contributed by atoms with Crippen molar-refractivity contribution in [1.82, 2.24) is 0 Å². The number of hydrogen-bond donors (Lipinski definition) is 4. The van der Waals surface area contributed by atoms with Gasteiger partial charge in [-0.15, -0.1) is 0 Å². The zero-order valence-electron chi connectivity index (χ0n) is 20.2. The minimum Gasteiger partial charge on any atom is -0.391 e. The maximum atomic E-state index is 13.5. The summed E-state index contributed by atoms with van der Waals surface area (Å²) >= 11 is 6.19. The first-order chi connectivity index (χ1) is 17.7. The Bertz CT molecular complexity index is 1310. The lowest BCUT2D eigenvalue weighted by molar-refractivity contribution is -0.211. The molecule has 1 amide bonds. The highest BCUT2D eigenvalue weighted by Crippen LogP contribution is 2.55. The summed E-state index contributed by atoms with van der Waals surface area (Å²) in [6.45, 7) is 1.12. The molecule has 0 spiro atoms. The largest absolute Gasteiger partial charge is 0.391 e. The van der Waals surface area contributed by atoms with Crippen LogP contribution in [0.3, 0.4) is 0 Å². The molecule has 5 rings (SSSR count). The van der Waals surface area contributed by atoms with Crippen LogP contribution in [0.4, 0.5) is 18.9 Å². The van der Waals surface area contributed by atoms with Crippen LogP contribution in [0.1, 0.15) is 36.5 Å². The molecule has 2 bridgehead atoms. The molecule has 4 N–H and O–H groups in total. The highest BCUT2D eigenvalue weighted by atomic mass is 35.5. The Morgan fingerprint density at radius 2 is 1.74 bits per heavy atom. The smallest absolute Gasteiger partial charge is 0.255 e. The van der Waals surface area contributed by atoms with Gasteiger partial charge in [-0.05, 0) is 56.2 Å². The molecule has 4 unspecified atom stereocenters. The lowest BCUT2D eigenvalue weighted by atomic mass is 9.54. The van der Waals surface area contributed by atoms with Gasteiger partial charge in [0.1, 0.15) is 6.10 Å². The first-order valence-corrected chi connectivity index (χ1v) is 13.8. The second-order valence-electron chi connectivity index (χ2n) is 9.94. The van der Waals surface area contributed by atoms with E-state index in [0.29, 0.717) is 18.6 Å². The lowest BCUT2D eigenvalue weighted by Crippen LogP contribution is -2.64. The zero-order valence-corrected chi connectivity index (χ0v) is 21.8. The van der Waals surface area contributed by atoms with Crippen molar-refractivity contribution in [3.05, 3.63) is 58.4 Å². The van der Waals surface area contributed by atoms with Crippen molar-refractivity contribution in [2.45, 2.75) is 54.1 Å². The summed E-state index contributed by atoms with van der Waals surface area (Å²) in [5, 5.41) is 31.3. The highest BCUT2D eigenvalue weighted by molar-refractivity contribution is 7.92. The van der Waals surface area contributed by atoms with Crippen LogP contribution in [0, 0.1) is 29.3 Å². The number of amides is 1. The average Bonchev–Trinajstić information content (AvgIpc) is 2.86. The number of aliphatic hydroxyl groups excluding tert-OH is 2. The SMILES string of the molecule is CC(O)C(O)COCC1(O)C2CC1CC(S(=O)(=O)c1cc(C(=O)Nc3cc(F)c(F)c(F)c3)ccc1Cl)C2. The van der Waals surface area contributed by atoms with Gasteiger partial charge in [0.15, 0.2) is 27.3 Å². The van der Waals surface area contributed by atoms with E-state index in [9.17, 15) is 41.7 Å². The molecule has 8 nitrogen and oxygen atoms in total. The molecule has 38 heavy (non-hydrogen) atoms. The van der Waals surface area contributed by atoms with E-state index in [2.05, 4.69) is 5.32 Å². The Hall–Kier alpha value is -2.22. The summed E-state index contributed by atoms with van der Waals surface area (Å²) < 4.78 is 72.5. The molecular formula is C25H27ClF3NO7S. The quantitative estimate of drug-likeness (QED) is 0.337. The highest BCUT2D eigenvalue weighted by Gasteiger charge is 2.60. The lowest BCUT2D eigenvalue weighted by Gasteiger charge is -2.58. The number of sulfone groups is 1. The molecule has 2 aromatic carbocycles. The van der Waals surface area contributed by atoms with E-state index in [0.717, 1.165) is 6.07 Å². The number of anilines is 1. The fourth-order valence-electron chi connectivity index (χ4n) is 5.10. The Kier molecular flexibility index (Phi) is 8.14. The molecule has 0 heterocycles. The molecule has 3 aliphatic carbocycles. The Morgan fingerprint density at radius 3 is 2.32 bits per heavy atom. The molecule has 3 aliphatic rings. The van der Waals surface area contributed by atoms with Gasteiger partial charge in [0, 0.05) is 23.4 Å².